The Morgan fingerprint density at radius 2 is 2.00 bits per heavy atom. The summed E-state index contributed by atoms with van der Waals surface area (Å²) < 4.78 is 0. The summed E-state index contributed by atoms with van der Waals surface area (Å²) >= 11 is 5.76. The van der Waals surface area contributed by atoms with Crippen molar-refractivity contribution in [3.05, 3.63) is 35.1 Å². The van der Waals surface area contributed by atoms with Gasteiger partial charge in [0, 0.05) is 12.7 Å². The van der Waals surface area contributed by atoms with Crippen LogP contribution in [0.25, 0.3) is 0 Å². The Labute approximate surface area is 109 Å². The van der Waals surface area contributed by atoms with Crippen molar-refractivity contribution in [3.63, 3.8) is 0 Å². The fourth-order valence-electron chi connectivity index (χ4n) is 1.31. The Kier molecular flexibility index (Phi) is 3.55. The zero-order chi connectivity index (χ0) is 13.0. The van der Waals surface area contributed by atoms with Gasteiger partial charge >= 0.3 is 0 Å². The van der Waals surface area contributed by atoms with E-state index < -0.39 is 0 Å². The Hall–Kier alpha value is -2.39. The first kappa shape index (κ1) is 12.1. The van der Waals surface area contributed by atoms with Gasteiger partial charge < -0.3 is 10.6 Å². The van der Waals surface area contributed by atoms with E-state index in [1.165, 1.54) is 0 Å². The standard InChI is InChI=1S/C11H9ClN6/c1-14-10-16-9(12)17-11(18-10)15-8-4-2-3-7(5-8)6-13/h2-5H,1H3,(H2,14,15,16,17,18). The van der Waals surface area contributed by atoms with E-state index in [2.05, 4.69) is 31.7 Å². The second-order valence-corrected chi connectivity index (χ2v) is 3.66. The van der Waals surface area contributed by atoms with E-state index in [-0.39, 0.29) is 5.28 Å². The number of hydrogen-bond donors (Lipinski definition) is 2. The topological polar surface area (TPSA) is 86.5 Å². The number of hydrogen-bond acceptors (Lipinski definition) is 6. The van der Waals surface area contributed by atoms with Crippen molar-refractivity contribution >= 4 is 29.2 Å². The number of nitrogens with zero attached hydrogens (tertiary/aromatic N) is 4. The zero-order valence-electron chi connectivity index (χ0n) is 9.48. The van der Waals surface area contributed by atoms with Gasteiger partial charge in [-0.2, -0.15) is 20.2 Å². The smallest absolute Gasteiger partial charge is 0.233 e. The summed E-state index contributed by atoms with van der Waals surface area (Å²) in [6.45, 7) is 0. The molecule has 0 atom stereocenters. The molecule has 0 bridgehead atoms. The first-order chi connectivity index (χ1) is 8.71. The van der Waals surface area contributed by atoms with Gasteiger partial charge in [-0.15, -0.1) is 0 Å². The van der Waals surface area contributed by atoms with Crippen molar-refractivity contribution in [2.75, 3.05) is 17.7 Å². The molecule has 0 saturated heterocycles. The monoisotopic (exact) mass is 260 g/mol. The van der Waals surface area contributed by atoms with E-state index in [9.17, 15) is 0 Å². The van der Waals surface area contributed by atoms with Crippen molar-refractivity contribution in [1.82, 2.24) is 15.0 Å². The third-order valence-corrected chi connectivity index (χ3v) is 2.25. The third kappa shape index (κ3) is 2.84. The maximum atomic E-state index is 8.80. The van der Waals surface area contributed by atoms with Gasteiger partial charge in [-0.3, -0.25) is 0 Å². The molecule has 0 amide bonds. The fourth-order valence-corrected chi connectivity index (χ4v) is 1.47. The molecule has 2 aromatic rings. The van der Waals surface area contributed by atoms with Crippen molar-refractivity contribution in [1.29, 1.82) is 5.26 Å². The molecule has 0 aliphatic rings. The summed E-state index contributed by atoms with van der Waals surface area (Å²) in [4.78, 5) is 11.9. The first-order valence-electron chi connectivity index (χ1n) is 5.08. The molecule has 1 aromatic heterocycles. The van der Waals surface area contributed by atoms with Gasteiger partial charge in [-0.25, -0.2) is 0 Å². The Morgan fingerprint density at radius 3 is 2.72 bits per heavy atom. The average molecular weight is 261 g/mol. The van der Waals surface area contributed by atoms with Crippen LogP contribution in [0.2, 0.25) is 5.28 Å². The molecular formula is C11H9ClN6. The summed E-state index contributed by atoms with van der Waals surface area (Å²) in [5.74, 6) is 0.684. The van der Waals surface area contributed by atoms with Crippen LogP contribution in [0.3, 0.4) is 0 Å². The van der Waals surface area contributed by atoms with Gasteiger partial charge in [0.25, 0.3) is 0 Å². The lowest BCUT2D eigenvalue weighted by Crippen LogP contribution is -2.03. The molecule has 0 aliphatic carbocycles. The molecule has 90 valence electrons. The highest BCUT2D eigenvalue weighted by Crippen LogP contribution is 2.16. The number of halogens is 1. The second kappa shape index (κ2) is 5.29. The molecule has 2 rings (SSSR count). The maximum absolute atomic E-state index is 8.80. The Morgan fingerprint density at radius 1 is 1.22 bits per heavy atom. The second-order valence-electron chi connectivity index (χ2n) is 3.32. The maximum Gasteiger partial charge on any atom is 0.233 e. The highest BCUT2D eigenvalue weighted by atomic mass is 35.5. The molecular weight excluding hydrogens is 252 g/mol. The van der Waals surface area contributed by atoms with Crippen LogP contribution < -0.4 is 10.6 Å². The van der Waals surface area contributed by atoms with Crippen LogP contribution in [0.5, 0.6) is 0 Å². The molecule has 0 unspecified atom stereocenters. The van der Waals surface area contributed by atoms with Crippen LogP contribution in [-0.4, -0.2) is 22.0 Å². The number of nitrogens with one attached hydrogen (secondary N) is 2. The minimum absolute atomic E-state index is 0.0910. The predicted octanol–water partition coefficient (Wildman–Crippen LogP) is 2.18. The van der Waals surface area contributed by atoms with E-state index in [4.69, 9.17) is 16.9 Å². The van der Waals surface area contributed by atoms with Gasteiger partial charge in [0.2, 0.25) is 17.2 Å². The lowest BCUT2D eigenvalue weighted by atomic mass is 10.2. The van der Waals surface area contributed by atoms with Crippen LogP contribution >= 0.6 is 11.6 Å². The molecule has 0 spiro atoms. The van der Waals surface area contributed by atoms with Gasteiger partial charge in [-0.1, -0.05) is 6.07 Å². The molecule has 0 fully saturated rings. The number of nitriles is 1. The van der Waals surface area contributed by atoms with E-state index in [0.29, 0.717) is 23.1 Å². The lowest BCUT2D eigenvalue weighted by molar-refractivity contribution is 1.05. The van der Waals surface area contributed by atoms with Crippen LogP contribution in [-0.2, 0) is 0 Å². The molecule has 18 heavy (non-hydrogen) atoms. The highest BCUT2D eigenvalue weighted by molar-refractivity contribution is 6.28. The predicted molar refractivity (Wildman–Crippen MR) is 68.8 cm³/mol. The molecule has 0 aliphatic heterocycles. The summed E-state index contributed by atoms with van der Waals surface area (Å²) in [5, 5.41) is 14.6. The minimum atomic E-state index is 0.0910. The van der Waals surface area contributed by atoms with Crippen molar-refractivity contribution in [2.24, 2.45) is 0 Å². The van der Waals surface area contributed by atoms with Gasteiger partial charge in [-0.05, 0) is 29.8 Å². The van der Waals surface area contributed by atoms with Crippen LogP contribution in [0.1, 0.15) is 5.56 Å². The zero-order valence-corrected chi connectivity index (χ0v) is 10.2. The normalized spacial score (nSPS) is 9.61. The van der Waals surface area contributed by atoms with Crippen LogP contribution in [0.4, 0.5) is 17.6 Å². The van der Waals surface area contributed by atoms with Crippen LogP contribution in [0.15, 0.2) is 24.3 Å². The number of rotatable bonds is 3. The van der Waals surface area contributed by atoms with E-state index in [1.54, 1.807) is 31.3 Å². The number of anilines is 3. The van der Waals surface area contributed by atoms with Gasteiger partial charge in [0.1, 0.15) is 0 Å². The van der Waals surface area contributed by atoms with E-state index in [1.807, 2.05) is 0 Å². The molecule has 1 heterocycles. The summed E-state index contributed by atoms with van der Waals surface area (Å²) in [5.41, 5.74) is 1.26. The van der Waals surface area contributed by atoms with E-state index in [0.717, 1.165) is 0 Å². The van der Waals surface area contributed by atoms with Crippen molar-refractivity contribution in [2.45, 2.75) is 0 Å². The summed E-state index contributed by atoms with van der Waals surface area (Å²) in [6, 6.07) is 9.03. The minimum Gasteiger partial charge on any atom is -0.357 e. The number of aromatic nitrogens is 3. The largest absolute Gasteiger partial charge is 0.357 e. The fraction of sp³-hybridized carbons (Fsp3) is 0.0909. The lowest BCUT2D eigenvalue weighted by Gasteiger charge is -2.06. The summed E-state index contributed by atoms with van der Waals surface area (Å²) in [7, 11) is 1.69. The molecule has 7 heteroatoms. The molecule has 1 aromatic carbocycles. The molecule has 0 radical (unpaired) electrons. The van der Waals surface area contributed by atoms with Crippen molar-refractivity contribution < 1.29 is 0 Å². The summed E-state index contributed by atoms with van der Waals surface area (Å²) in [6.07, 6.45) is 0. The van der Waals surface area contributed by atoms with Gasteiger partial charge in [0.15, 0.2) is 0 Å². The first-order valence-corrected chi connectivity index (χ1v) is 5.45. The molecule has 0 saturated carbocycles. The Bertz CT molecular complexity index is 607. The highest BCUT2D eigenvalue weighted by Gasteiger charge is 2.04. The average Bonchev–Trinajstić information content (AvgIpc) is 2.38. The third-order valence-electron chi connectivity index (χ3n) is 2.08. The van der Waals surface area contributed by atoms with E-state index >= 15 is 0 Å². The van der Waals surface area contributed by atoms with Gasteiger partial charge in [0.05, 0.1) is 11.6 Å². The quantitative estimate of drug-likeness (QED) is 0.880. The SMILES string of the molecule is CNc1nc(Cl)nc(Nc2cccc(C#N)c2)n1. The van der Waals surface area contributed by atoms with Crippen LogP contribution in [0, 0.1) is 11.3 Å². The Balaban J connectivity index is 2.28. The molecule has 2 N–H and O–H groups in total. The molecule has 6 nitrogen and oxygen atoms in total. The van der Waals surface area contributed by atoms with Crippen molar-refractivity contribution in [3.8, 4) is 6.07 Å². The number of benzene rings is 1.